The number of hydrogen-bond donors (Lipinski definition) is 3. The Morgan fingerprint density at radius 2 is 1.56 bits per heavy atom. The van der Waals surface area contributed by atoms with E-state index in [1.165, 1.54) is 6.08 Å². The smallest absolute Gasteiger partial charge is 0.306 e. The van der Waals surface area contributed by atoms with Gasteiger partial charge in [-0.15, -0.1) is 0 Å². The molecule has 1 unspecified atom stereocenters. The van der Waals surface area contributed by atoms with Crippen molar-refractivity contribution in [1.82, 2.24) is 0 Å². The average Bonchev–Trinajstić information content (AvgIpc) is 2.25. The summed E-state index contributed by atoms with van der Waals surface area (Å²) < 4.78 is 0. The van der Waals surface area contributed by atoms with Crippen LogP contribution in [0.5, 0.6) is 0 Å². The van der Waals surface area contributed by atoms with E-state index in [0.717, 1.165) is 38.5 Å². The van der Waals surface area contributed by atoms with Gasteiger partial charge in [0, 0.05) is 6.42 Å². The minimum atomic E-state index is -1.01. The molecule has 18 heavy (non-hydrogen) atoms. The van der Waals surface area contributed by atoms with Gasteiger partial charge >= 0.3 is 11.9 Å². The molecule has 0 aromatic heterocycles. The van der Waals surface area contributed by atoms with Gasteiger partial charge in [-0.3, -0.25) is 9.59 Å². The zero-order valence-electron chi connectivity index (χ0n) is 10.5. The molecule has 3 N–H and O–H groups in total. The van der Waals surface area contributed by atoms with E-state index in [1.54, 1.807) is 6.08 Å². The number of aliphatic hydroxyl groups excluding tert-OH is 1. The monoisotopic (exact) mass is 258 g/mol. The van der Waals surface area contributed by atoms with E-state index in [-0.39, 0.29) is 12.8 Å². The molecule has 0 amide bonds. The van der Waals surface area contributed by atoms with Gasteiger partial charge in [0.15, 0.2) is 0 Å². The van der Waals surface area contributed by atoms with Crippen LogP contribution in [0.4, 0.5) is 0 Å². The minimum absolute atomic E-state index is 0.237. The third-order valence-electron chi connectivity index (χ3n) is 2.50. The Morgan fingerprint density at radius 1 is 0.944 bits per heavy atom. The molecule has 5 heteroatoms. The second kappa shape index (κ2) is 10.8. The standard InChI is InChI=1S/C13H22O5/c14-11(10-13(17)18)8-6-4-2-1-3-5-7-9-12(15)16/h6,8,11,14H,1-5,7,9-10H2,(H,15,16)(H,17,18). The number of allylic oxidation sites excluding steroid dienone is 1. The number of carboxylic acid groups (broad SMARTS) is 2. The molecule has 0 rings (SSSR count). The van der Waals surface area contributed by atoms with Crippen molar-refractivity contribution >= 4 is 11.9 Å². The molecule has 0 aliphatic rings. The van der Waals surface area contributed by atoms with Crippen LogP contribution in [0.25, 0.3) is 0 Å². The van der Waals surface area contributed by atoms with Crippen LogP contribution in [0, 0.1) is 0 Å². The maximum atomic E-state index is 10.3. The molecule has 0 aromatic carbocycles. The highest BCUT2D eigenvalue weighted by molar-refractivity contribution is 5.67. The van der Waals surface area contributed by atoms with Crippen molar-refractivity contribution in [2.75, 3.05) is 0 Å². The molecule has 0 fully saturated rings. The summed E-state index contributed by atoms with van der Waals surface area (Å²) in [4.78, 5) is 20.5. The van der Waals surface area contributed by atoms with Gasteiger partial charge in [0.05, 0.1) is 12.5 Å². The number of unbranched alkanes of at least 4 members (excludes halogenated alkanes) is 5. The van der Waals surface area contributed by atoms with Crippen LogP contribution >= 0.6 is 0 Å². The Balaban J connectivity index is 3.31. The fourth-order valence-corrected chi connectivity index (χ4v) is 1.57. The largest absolute Gasteiger partial charge is 0.481 e. The summed E-state index contributed by atoms with van der Waals surface area (Å²) in [5.74, 6) is -1.75. The molecule has 0 aliphatic carbocycles. The summed E-state index contributed by atoms with van der Waals surface area (Å²) in [6, 6.07) is 0. The van der Waals surface area contributed by atoms with Crippen LogP contribution < -0.4 is 0 Å². The lowest BCUT2D eigenvalue weighted by Gasteiger charge is -2.01. The van der Waals surface area contributed by atoms with E-state index in [2.05, 4.69) is 0 Å². The van der Waals surface area contributed by atoms with Gasteiger partial charge in [-0.1, -0.05) is 31.4 Å². The number of hydrogen-bond acceptors (Lipinski definition) is 3. The highest BCUT2D eigenvalue weighted by Gasteiger charge is 2.04. The molecular formula is C13H22O5. The van der Waals surface area contributed by atoms with Crippen molar-refractivity contribution in [2.45, 2.75) is 57.5 Å². The summed E-state index contributed by atoms with van der Waals surface area (Å²) in [6.07, 6.45) is 7.87. The third-order valence-corrected chi connectivity index (χ3v) is 2.50. The van der Waals surface area contributed by atoms with Crippen LogP contribution in [-0.2, 0) is 9.59 Å². The molecule has 0 aromatic rings. The molecule has 5 nitrogen and oxygen atoms in total. The molecule has 0 bridgehead atoms. The van der Waals surface area contributed by atoms with Crippen LogP contribution in [0.3, 0.4) is 0 Å². The normalized spacial score (nSPS) is 12.7. The van der Waals surface area contributed by atoms with Gasteiger partial charge in [0.25, 0.3) is 0 Å². The highest BCUT2D eigenvalue weighted by Crippen LogP contribution is 2.08. The van der Waals surface area contributed by atoms with Crippen molar-refractivity contribution in [3.8, 4) is 0 Å². The summed E-state index contributed by atoms with van der Waals surface area (Å²) in [7, 11) is 0. The number of rotatable bonds is 11. The number of carboxylic acids is 2. The summed E-state index contributed by atoms with van der Waals surface area (Å²) in [5.41, 5.74) is 0. The lowest BCUT2D eigenvalue weighted by atomic mass is 10.1. The molecule has 1 atom stereocenters. The van der Waals surface area contributed by atoms with Gasteiger partial charge in [-0.05, 0) is 19.3 Å². The average molecular weight is 258 g/mol. The van der Waals surface area contributed by atoms with Gasteiger partial charge in [0.1, 0.15) is 0 Å². The Bertz CT molecular complexity index is 273. The molecule has 0 saturated carbocycles. The third kappa shape index (κ3) is 12.7. The highest BCUT2D eigenvalue weighted by atomic mass is 16.4. The first-order valence-electron chi connectivity index (χ1n) is 6.30. The number of aliphatic carboxylic acids is 2. The van der Waals surface area contributed by atoms with E-state index in [1.807, 2.05) is 0 Å². The van der Waals surface area contributed by atoms with Crippen LogP contribution in [0.1, 0.15) is 51.4 Å². The van der Waals surface area contributed by atoms with Crippen LogP contribution in [0.2, 0.25) is 0 Å². The predicted molar refractivity (Wildman–Crippen MR) is 67.4 cm³/mol. The first kappa shape index (κ1) is 16.6. The first-order chi connectivity index (χ1) is 8.52. The quantitative estimate of drug-likeness (QED) is 0.390. The maximum absolute atomic E-state index is 10.3. The lowest BCUT2D eigenvalue weighted by molar-refractivity contribution is -0.139. The predicted octanol–water partition coefficient (Wildman–Crippen LogP) is 2.19. The van der Waals surface area contributed by atoms with E-state index in [4.69, 9.17) is 10.2 Å². The molecule has 104 valence electrons. The molecule has 0 spiro atoms. The summed E-state index contributed by atoms with van der Waals surface area (Å²) in [5, 5.41) is 26.1. The van der Waals surface area contributed by atoms with Gasteiger partial charge in [-0.25, -0.2) is 0 Å². The molecule has 0 radical (unpaired) electrons. The SMILES string of the molecule is O=C(O)CCCCCCCC=CC(O)CC(=O)O. The molecular weight excluding hydrogens is 236 g/mol. The van der Waals surface area contributed by atoms with Crippen molar-refractivity contribution in [3.05, 3.63) is 12.2 Å². The minimum Gasteiger partial charge on any atom is -0.481 e. The second-order valence-corrected chi connectivity index (χ2v) is 4.29. The molecule has 0 saturated heterocycles. The van der Waals surface area contributed by atoms with Crippen molar-refractivity contribution in [3.63, 3.8) is 0 Å². The number of aliphatic hydroxyl groups is 1. The van der Waals surface area contributed by atoms with Gasteiger partial charge < -0.3 is 15.3 Å². The first-order valence-corrected chi connectivity index (χ1v) is 6.30. The summed E-state index contributed by atoms with van der Waals surface area (Å²) in [6.45, 7) is 0. The van der Waals surface area contributed by atoms with E-state index in [9.17, 15) is 14.7 Å². The topological polar surface area (TPSA) is 94.8 Å². The zero-order chi connectivity index (χ0) is 13.8. The van der Waals surface area contributed by atoms with Crippen molar-refractivity contribution < 1.29 is 24.9 Å². The molecule has 0 heterocycles. The van der Waals surface area contributed by atoms with Crippen LogP contribution in [-0.4, -0.2) is 33.4 Å². The van der Waals surface area contributed by atoms with Crippen LogP contribution in [0.15, 0.2) is 12.2 Å². The Labute approximate surface area is 107 Å². The Morgan fingerprint density at radius 3 is 2.17 bits per heavy atom. The lowest BCUT2D eigenvalue weighted by Crippen LogP contribution is -2.09. The number of carbonyl (C=O) groups is 2. The summed E-state index contributed by atoms with van der Waals surface area (Å²) >= 11 is 0. The fourth-order valence-electron chi connectivity index (χ4n) is 1.57. The fraction of sp³-hybridized carbons (Fsp3) is 0.692. The second-order valence-electron chi connectivity index (χ2n) is 4.29. The molecule has 0 aliphatic heterocycles. The Hall–Kier alpha value is -1.36. The Kier molecular flexibility index (Phi) is 9.96. The van der Waals surface area contributed by atoms with E-state index in [0.29, 0.717) is 0 Å². The van der Waals surface area contributed by atoms with E-state index < -0.39 is 18.0 Å². The zero-order valence-corrected chi connectivity index (χ0v) is 10.5. The van der Waals surface area contributed by atoms with E-state index >= 15 is 0 Å². The maximum Gasteiger partial charge on any atom is 0.306 e. The van der Waals surface area contributed by atoms with Gasteiger partial charge in [-0.2, -0.15) is 0 Å². The van der Waals surface area contributed by atoms with Gasteiger partial charge in [0.2, 0.25) is 0 Å². The van der Waals surface area contributed by atoms with Crippen molar-refractivity contribution in [2.24, 2.45) is 0 Å². The van der Waals surface area contributed by atoms with Crippen molar-refractivity contribution in [1.29, 1.82) is 0 Å².